The van der Waals surface area contributed by atoms with Gasteiger partial charge in [-0.05, 0) is 6.07 Å². The van der Waals surface area contributed by atoms with Crippen LogP contribution in [0.4, 0.5) is 5.69 Å². The lowest BCUT2D eigenvalue weighted by Gasteiger charge is -2.17. The molecular formula is C12H14N2O6. The Labute approximate surface area is 114 Å². The van der Waals surface area contributed by atoms with Crippen molar-refractivity contribution in [3.8, 4) is 5.75 Å². The number of ether oxygens (including phenoxy) is 1. The number of aliphatic hydroxyl groups excluding tert-OH is 2. The highest BCUT2D eigenvalue weighted by Crippen LogP contribution is 2.26. The Hall–Kier alpha value is -2.19. The molecule has 1 heterocycles. The molecule has 1 aliphatic rings. The first-order chi connectivity index (χ1) is 9.43. The zero-order valence-corrected chi connectivity index (χ0v) is 10.7. The van der Waals surface area contributed by atoms with Crippen molar-refractivity contribution in [1.82, 2.24) is 4.90 Å². The van der Waals surface area contributed by atoms with Crippen LogP contribution in [0.3, 0.4) is 0 Å². The summed E-state index contributed by atoms with van der Waals surface area (Å²) >= 11 is 0. The van der Waals surface area contributed by atoms with Crippen LogP contribution < -0.4 is 4.74 Å². The van der Waals surface area contributed by atoms with Crippen molar-refractivity contribution in [3.05, 3.63) is 33.9 Å². The molecule has 2 atom stereocenters. The van der Waals surface area contributed by atoms with E-state index in [1.165, 1.54) is 24.1 Å². The molecule has 1 saturated heterocycles. The van der Waals surface area contributed by atoms with Gasteiger partial charge in [0.15, 0.2) is 0 Å². The van der Waals surface area contributed by atoms with Gasteiger partial charge in [-0.2, -0.15) is 0 Å². The number of benzene rings is 1. The van der Waals surface area contributed by atoms with E-state index >= 15 is 0 Å². The lowest BCUT2D eigenvalue weighted by Crippen LogP contribution is -2.30. The summed E-state index contributed by atoms with van der Waals surface area (Å²) in [6.45, 7) is -0.0440. The van der Waals surface area contributed by atoms with E-state index in [2.05, 4.69) is 0 Å². The van der Waals surface area contributed by atoms with Gasteiger partial charge in [-0.15, -0.1) is 0 Å². The number of β-amino-alcohol motifs (C(OH)–C–C–N with tert-alkyl or cyclic N) is 2. The number of carbonyl (C=O) groups is 1. The Morgan fingerprint density at radius 2 is 2.00 bits per heavy atom. The second-order valence-electron chi connectivity index (χ2n) is 4.49. The highest BCUT2D eigenvalue weighted by atomic mass is 16.6. The van der Waals surface area contributed by atoms with E-state index in [9.17, 15) is 25.1 Å². The van der Waals surface area contributed by atoms with Gasteiger partial charge in [0, 0.05) is 25.2 Å². The number of hydrogen-bond donors (Lipinski definition) is 2. The van der Waals surface area contributed by atoms with Crippen LogP contribution in [0.2, 0.25) is 0 Å². The number of likely N-dealkylation sites (tertiary alicyclic amines) is 1. The van der Waals surface area contributed by atoms with E-state index in [1.54, 1.807) is 0 Å². The van der Waals surface area contributed by atoms with Gasteiger partial charge in [-0.1, -0.05) is 0 Å². The van der Waals surface area contributed by atoms with E-state index in [-0.39, 0.29) is 30.1 Å². The van der Waals surface area contributed by atoms with E-state index < -0.39 is 23.0 Å². The maximum absolute atomic E-state index is 12.3. The Bertz CT molecular complexity index is 537. The van der Waals surface area contributed by atoms with Crippen molar-refractivity contribution >= 4 is 11.6 Å². The number of amides is 1. The van der Waals surface area contributed by atoms with Crippen molar-refractivity contribution in [1.29, 1.82) is 0 Å². The molecule has 1 fully saturated rings. The second-order valence-corrected chi connectivity index (χ2v) is 4.49. The summed E-state index contributed by atoms with van der Waals surface area (Å²) in [6, 6.07) is 3.70. The molecule has 0 radical (unpaired) electrons. The summed E-state index contributed by atoms with van der Waals surface area (Å²) in [5.41, 5.74) is -0.197. The first kappa shape index (κ1) is 14.2. The third-order valence-electron chi connectivity index (χ3n) is 3.17. The molecule has 0 saturated carbocycles. The molecule has 0 aromatic heterocycles. The van der Waals surface area contributed by atoms with Crippen LogP contribution in [-0.4, -0.2) is 58.4 Å². The molecule has 1 amide bonds. The highest BCUT2D eigenvalue weighted by Gasteiger charge is 2.34. The van der Waals surface area contributed by atoms with E-state index in [1.807, 2.05) is 0 Å². The number of carbonyl (C=O) groups excluding carboxylic acids is 1. The molecule has 1 aliphatic heterocycles. The van der Waals surface area contributed by atoms with E-state index in [0.717, 1.165) is 6.07 Å². The molecule has 2 rings (SSSR count). The molecule has 1 aromatic carbocycles. The summed E-state index contributed by atoms with van der Waals surface area (Å²) in [5.74, 6) is -0.322. The number of nitro benzene ring substituents is 1. The lowest BCUT2D eigenvalue weighted by atomic mass is 10.1. The molecule has 8 heteroatoms. The van der Waals surface area contributed by atoms with Gasteiger partial charge < -0.3 is 19.8 Å². The third-order valence-corrected chi connectivity index (χ3v) is 3.17. The zero-order valence-electron chi connectivity index (χ0n) is 10.7. The molecule has 2 N–H and O–H groups in total. The minimum atomic E-state index is -1.01. The van der Waals surface area contributed by atoms with Crippen molar-refractivity contribution in [2.45, 2.75) is 12.2 Å². The molecule has 20 heavy (non-hydrogen) atoms. The third kappa shape index (κ3) is 2.56. The largest absolute Gasteiger partial charge is 0.496 e. The zero-order chi connectivity index (χ0) is 14.9. The summed E-state index contributed by atoms with van der Waals surface area (Å²) in [4.78, 5) is 23.7. The molecule has 0 spiro atoms. The summed E-state index contributed by atoms with van der Waals surface area (Å²) in [5, 5.41) is 29.7. The number of hydrogen-bond acceptors (Lipinski definition) is 6. The van der Waals surface area contributed by atoms with Crippen LogP contribution in [0, 0.1) is 10.1 Å². The van der Waals surface area contributed by atoms with Crippen LogP contribution in [0.25, 0.3) is 0 Å². The Morgan fingerprint density at radius 1 is 1.40 bits per heavy atom. The average molecular weight is 282 g/mol. The van der Waals surface area contributed by atoms with Gasteiger partial charge in [0.25, 0.3) is 11.6 Å². The minimum Gasteiger partial charge on any atom is -0.496 e. The molecule has 2 unspecified atom stereocenters. The smallest absolute Gasteiger partial charge is 0.270 e. The predicted octanol–water partition coefficient (Wildman–Crippen LogP) is -0.219. The molecule has 8 nitrogen and oxygen atoms in total. The number of non-ortho nitro benzene ring substituents is 1. The van der Waals surface area contributed by atoms with Crippen molar-refractivity contribution < 1.29 is 24.7 Å². The molecule has 108 valence electrons. The molecule has 1 aromatic rings. The van der Waals surface area contributed by atoms with Gasteiger partial charge in [-0.3, -0.25) is 14.9 Å². The van der Waals surface area contributed by atoms with Gasteiger partial charge >= 0.3 is 0 Å². The fourth-order valence-electron chi connectivity index (χ4n) is 2.08. The highest BCUT2D eigenvalue weighted by molar-refractivity contribution is 5.97. The number of nitro groups is 1. The van der Waals surface area contributed by atoms with Crippen LogP contribution in [0.5, 0.6) is 5.75 Å². The van der Waals surface area contributed by atoms with E-state index in [0.29, 0.717) is 0 Å². The van der Waals surface area contributed by atoms with Crippen LogP contribution >= 0.6 is 0 Å². The Kier molecular flexibility index (Phi) is 3.86. The monoisotopic (exact) mass is 282 g/mol. The standard InChI is InChI=1S/C12H14N2O6/c1-20-11-3-2-7(14(18)19)4-8(11)12(17)13-5-9(15)10(16)6-13/h2-4,9-10,15-16H,5-6H2,1H3. The summed E-state index contributed by atoms with van der Waals surface area (Å²) in [7, 11) is 1.35. The predicted molar refractivity (Wildman–Crippen MR) is 67.6 cm³/mol. The molecule has 0 bridgehead atoms. The van der Waals surface area contributed by atoms with Gasteiger partial charge in [0.1, 0.15) is 5.75 Å². The van der Waals surface area contributed by atoms with Crippen molar-refractivity contribution in [2.75, 3.05) is 20.2 Å². The van der Waals surface area contributed by atoms with Gasteiger partial charge in [0.2, 0.25) is 0 Å². The number of nitrogens with zero attached hydrogens (tertiary/aromatic N) is 2. The second kappa shape index (κ2) is 5.43. The minimum absolute atomic E-state index is 0.0220. The van der Waals surface area contributed by atoms with Crippen molar-refractivity contribution in [2.24, 2.45) is 0 Å². The van der Waals surface area contributed by atoms with Crippen LogP contribution in [-0.2, 0) is 0 Å². The summed E-state index contributed by atoms with van der Waals surface area (Å²) in [6.07, 6.45) is -2.02. The maximum Gasteiger partial charge on any atom is 0.270 e. The molecule has 0 aliphatic carbocycles. The lowest BCUT2D eigenvalue weighted by molar-refractivity contribution is -0.384. The maximum atomic E-state index is 12.3. The number of methoxy groups -OCH3 is 1. The number of aliphatic hydroxyl groups is 2. The first-order valence-corrected chi connectivity index (χ1v) is 5.92. The summed E-state index contributed by atoms with van der Waals surface area (Å²) < 4.78 is 5.02. The average Bonchev–Trinajstić information content (AvgIpc) is 2.77. The normalized spacial score (nSPS) is 21.9. The van der Waals surface area contributed by atoms with Crippen LogP contribution in [0.15, 0.2) is 18.2 Å². The topological polar surface area (TPSA) is 113 Å². The van der Waals surface area contributed by atoms with Gasteiger partial charge in [0.05, 0.1) is 29.8 Å². The Balaban J connectivity index is 2.33. The fraction of sp³-hybridized carbons (Fsp3) is 0.417. The van der Waals surface area contributed by atoms with Crippen LogP contribution in [0.1, 0.15) is 10.4 Å². The molecular weight excluding hydrogens is 268 g/mol. The van der Waals surface area contributed by atoms with Crippen molar-refractivity contribution in [3.63, 3.8) is 0 Å². The SMILES string of the molecule is COc1ccc([N+](=O)[O-])cc1C(=O)N1CC(O)C(O)C1. The fourth-order valence-corrected chi connectivity index (χ4v) is 2.08. The van der Waals surface area contributed by atoms with E-state index in [4.69, 9.17) is 4.74 Å². The van der Waals surface area contributed by atoms with Gasteiger partial charge in [-0.25, -0.2) is 0 Å². The quantitative estimate of drug-likeness (QED) is 0.585. The first-order valence-electron chi connectivity index (χ1n) is 5.92. The number of rotatable bonds is 3. The Morgan fingerprint density at radius 3 is 2.50 bits per heavy atom.